The number of benzene rings is 2. The van der Waals surface area contributed by atoms with Gasteiger partial charge in [0.25, 0.3) is 0 Å². The molecule has 0 saturated carbocycles. The molecule has 7 nitrogen and oxygen atoms in total. The Morgan fingerprint density at radius 1 is 1.06 bits per heavy atom. The van der Waals surface area contributed by atoms with E-state index in [0.29, 0.717) is 52.6 Å². The summed E-state index contributed by atoms with van der Waals surface area (Å²) in [5.41, 5.74) is 3.12. The van der Waals surface area contributed by atoms with Crippen LogP contribution in [0.25, 0.3) is 34.0 Å². The maximum atomic E-state index is 9.78. The minimum absolute atomic E-state index is 0.0341. The molecule has 0 aliphatic heterocycles. The second kappa shape index (κ2) is 9.75. The van der Waals surface area contributed by atoms with Crippen molar-refractivity contribution < 1.29 is 9.84 Å². The van der Waals surface area contributed by atoms with Crippen LogP contribution in [0, 0.1) is 0 Å². The van der Waals surface area contributed by atoms with E-state index >= 15 is 0 Å². The number of rotatable bonds is 7. The fourth-order valence-corrected chi connectivity index (χ4v) is 4.00. The van der Waals surface area contributed by atoms with Gasteiger partial charge >= 0.3 is 0 Å². The number of ether oxygens (including phenoxy) is 1. The van der Waals surface area contributed by atoms with Gasteiger partial charge in [0.2, 0.25) is 5.95 Å². The quantitative estimate of drug-likeness (QED) is 0.278. The molecule has 0 radical (unpaired) electrons. The summed E-state index contributed by atoms with van der Waals surface area (Å²) < 4.78 is 5.06. The summed E-state index contributed by atoms with van der Waals surface area (Å²) in [7, 11) is 1.63. The largest absolute Gasteiger partial charge is 0.508 e. The van der Waals surface area contributed by atoms with Crippen LogP contribution in [-0.2, 0) is 4.74 Å². The van der Waals surface area contributed by atoms with E-state index in [9.17, 15) is 5.11 Å². The van der Waals surface area contributed by atoms with Gasteiger partial charge in [-0.3, -0.25) is 0 Å². The number of H-pyrrole nitrogens is 1. The number of nitrogens with zero attached hydrogens (tertiary/aromatic N) is 3. The Hall–Kier alpha value is -2.84. The number of aromatic hydroxyl groups is 1. The minimum atomic E-state index is -0.0341. The molecule has 32 heavy (non-hydrogen) atoms. The van der Waals surface area contributed by atoms with Crippen molar-refractivity contribution in [3.63, 3.8) is 0 Å². The van der Waals surface area contributed by atoms with Crippen LogP contribution >= 0.6 is 34.8 Å². The Labute approximate surface area is 199 Å². The van der Waals surface area contributed by atoms with Crippen molar-refractivity contribution in [3.8, 4) is 39.8 Å². The van der Waals surface area contributed by atoms with Gasteiger partial charge in [-0.1, -0.05) is 46.9 Å². The first-order chi connectivity index (χ1) is 15.5. The van der Waals surface area contributed by atoms with E-state index in [1.165, 1.54) is 12.1 Å². The third kappa shape index (κ3) is 4.81. The minimum Gasteiger partial charge on any atom is -0.508 e. The molecule has 4 aromatic rings. The molecule has 10 heteroatoms. The van der Waals surface area contributed by atoms with Crippen LogP contribution in [-0.4, -0.2) is 45.3 Å². The summed E-state index contributed by atoms with van der Waals surface area (Å²) in [5.74, 6) is 0.846. The van der Waals surface area contributed by atoms with Crippen LogP contribution in [0.3, 0.4) is 0 Å². The van der Waals surface area contributed by atoms with E-state index in [2.05, 4.69) is 20.3 Å². The van der Waals surface area contributed by atoms with E-state index in [-0.39, 0.29) is 15.8 Å². The number of hydrogen-bond donors (Lipinski definition) is 3. The number of nitrogens with one attached hydrogen (secondary N) is 2. The molecule has 164 valence electrons. The standard InChI is InChI=1S/C22H18Cl3N5O2/c1-32-8-7-27-22-26-6-5-17(28-22)20-19(12-3-2-4-13(23)9-12)29-21(30-20)18-15(24)10-14(31)11-16(18)25/h2-6,9-11,31H,7-8H2,1H3,(H,29,30)(H,26,27,28). The summed E-state index contributed by atoms with van der Waals surface area (Å²) in [5, 5.41) is 14.0. The number of imidazole rings is 1. The lowest BCUT2D eigenvalue weighted by atomic mass is 10.1. The normalized spacial score (nSPS) is 11.0. The summed E-state index contributed by atoms with van der Waals surface area (Å²) in [4.78, 5) is 16.9. The molecule has 0 bridgehead atoms. The first-order valence-corrected chi connectivity index (χ1v) is 10.7. The zero-order valence-corrected chi connectivity index (χ0v) is 19.1. The number of methoxy groups -OCH3 is 1. The van der Waals surface area contributed by atoms with Gasteiger partial charge in [0.1, 0.15) is 11.6 Å². The van der Waals surface area contributed by atoms with Crippen molar-refractivity contribution in [2.45, 2.75) is 0 Å². The Bertz CT molecular complexity index is 1240. The van der Waals surface area contributed by atoms with Crippen LogP contribution < -0.4 is 5.32 Å². The van der Waals surface area contributed by atoms with Crippen molar-refractivity contribution in [1.82, 2.24) is 19.9 Å². The third-order valence-corrected chi connectivity index (χ3v) is 5.40. The molecule has 0 aliphatic rings. The van der Waals surface area contributed by atoms with Gasteiger partial charge in [0.05, 0.1) is 39.3 Å². The topological polar surface area (TPSA) is 96.0 Å². The number of phenols is 1. The molecular formula is C22H18Cl3N5O2. The molecule has 2 heterocycles. The summed E-state index contributed by atoms with van der Waals surface area (Å²) in [6, 6.07) is 11.9. The van der Waals surface area contributed by atoms with Crippen molar-refractivity contribution in [2.75, 3.05) is 25.6 Å². The number of hydrogen-bond acceptors (Lipinski definition) is 6. The molecule has 3 N–H and O–H groups in total. The number of anilines is 1. The SMILES string of the molecule is COCCNc1nccc(-c2[nH]c(-c3c(Cl)cc(O)cc3Cl)nc2-c2cccc(Cl)c2)n1. The Morgan fingerprint density at radius 2 is 1.84 bits per heavy atom. The molecule has 0 spiro atoms. The molecule has 0 atom stereocenters. The molecule has 4 rings (SSSR count). The molecule has 0 fully saturated rings. The van der Waals surface area contributed by atoms with Gasteiger partial charge in [-0.05, 0) is 30.3 Å². The lowest BCUT2D eigenvalue weighted by molar-refractivity contribution is 0.210. The van der Waals surface area contributed by atoms with Crippen molar-refractivity contribution >= 4 is 40.8 Å². The highest BCUT2D eigenvalue weighted by atomic mass is 35.5. The van der Waals surface area contributed by atoms with E-state index < -0.39 is 0 Å². The highest BCUT2D eigenvalue weighted by Gasteiger charge is 2.20. The van der Waals surface area contributed by atoms with Gasteiger partial charge < -0.3 is 20.1 Å². The average molecular weight is 491 g/mol. The van der Waals surface area contributed by atoms with Gasteiger partial charge in [-0.15, -0.1) is 0 Å². The summed E-state index contributed by atoms with van der Waals surface area (Å²) in [6.07, 6.45) is 1.65. The maximum absolute atomic E-state index is 9.78. The lowest BCUT2D eigenvalue weighted by Crippen LogP contribution is -2.10. The highest BCUT2D eigenvalue weighted by Crippen LogP contribution is 2.40. The smallest absolute Gasteiger partial charge is 0.223 e. The van der Waals surface area contributed by atoms with Crippen LogP contribution in [0.2, 0.25) is 15.1 Å². The zero-order chi connectivity index (χ0) is 22.7. The fourth-order valence-electron chi connectivity index (χ4n) is 3.16. The van der Waals surface area contributed by atoms with Gasteiger partial charge in [-0.25, -0.2) is 15.0 Å². The number of phenolic OH excluding ortho intramolecular Hbond substituents is 1. The highest BCUT2D eigenvalue weighted by molar-refractivity contribution is 6.39. The Balaban J connectivity index is 1.86. The summed E-state index contributed by atoms with van der Waals surface area (Å²) in [6.45, 7) is 1.08. The van der Waals surface area contributed by atoms with Crippen molar-refractivity contribution in [3.05, 3.63) is 63.7 Å². The monoisotopic (exact) mass is 489 g/mol. The van der Waals surface area contributed by atoms with E-state index in [0.717, 1.165) is 5.56 Å². The first kappa shape index (κ1) is 22.4. The van der Waals surface area contributed by atoms with E-state index in [1.54, 1.807) is 25.4 Å². The third-order valence-electron chi connectivity index (χ3n) is 4.57. The molecule has 2 aromatic carbocycles. The van der Waals surface area contributed by atoms with Gasteiger partial charge in [-0.2, -0.15) is 0 Å². The summed E-state index contributed by atoms with van der Waals surface area (Å²) >= 11 is 19.0. The maximum Gasteiger partial charge on any atom is 0.223 e. The second-order valence-corrected chi connectivity index (χ2v) is 8.04. The van der Waals surface area contributed by atoms with Gasteiger partial charge in [0.15, 0.2) is 0 Å². The Morgan fingerprint density at radius 3 is 2.56 bits per heavy atom. The van der Waals surface area contributed by atoms with Crippen LogP contribution in [0.15, 0.2) is 48.7 Å². The predicted molar refractivity (Wildman–Crippen MR) is 128 cm³/mol. The van der Waals surface area contributed by atoms with Crippen molar-refractivity contribution in [1.29, 1.82) is 0 Å². The van der Waals surface area contributed by atoms with Crippen LogP contribution in [0.5, 0.6) is 5.75 Å². The average Bonchev–Trinajstić information content (AvgIpc) is 3.18. The fraction of sp³-hybridized carbons (Fsp3) is 0.136. The van der Waals surface area contributed by atoms with E-state index in [4.69, 9.17) is 44.5 Å². The van der Waals surface area contributed by atoms with Crippen LogP contribution in [0.4, 0.5) is 5.95 Å². The van der Waals surface area contributed by atoms with Gasteiger partial charge in [0, 0.05) is 30.4 Å². The number of aromatic amines is 1. The molecule has 0 aliphatic carbocycles. The molecular weight excluding hydrogens is 473 g/mol. The number of halogens is 3. The lowest BCUT2D eigenvalue weighted by Gasteiger charge is -2.07. The molecule has 0 unspecified atom stereocenters. The molecule has 2 aromatic heterocycles. The van der Waals surface area contributed by atoms with Crippen LogP contribution in [0.1, 0.15) is 0 Å². The second-order valence-electron chi connectivity index (χ2n) is 6.79. The number of aromatic nitrogens is 4. The molecule has 0 amide bonds. The predicted octanol–water partition coefficient (Wildman–Crippen LogP) is 5.92. The molecule has 0 saturated heterocycles. The van der Waals surface area contributed by atoms with Crippen molar-refractivity contribution in [2.24, 2.45) is 0 Å². The first-order valence-electron chi connectivity index (χ1n) is 9.57. The van der Waals surface area contributed by atoms with E-state index in [1.807, 2.05) is 18.2 Å². The Kier molecular flexibility index (Phi) is 6.81. The zero-order valence-electron chi connectivity index (χ0n) is 16.9.